The molecule has 2 heterocycles. The zero-order chi connectivity index (χ0) is 14.7. The van der Waals surface area contributed by atoms with Crippen LogP contribution >= 0.6 is 48.0 Å². The highest BCUT2D eigenvalue weighted by atomic mass is 35.5. The lowest BCUT2D eigenvalue weighted by atomic mass is 9.85. The number of ether oxygens (including phenoxy) is 1. The van der Waals surface area contributed by atoms with E-state index in [1.54, 1.807) is 0 Å². The normalized spacial score (nSPS) is 21.1. The summed E-state index contributed by atoms with van der Waals surface area (Å²) in [5, 5.41) is 4.88. The van der Waals surface area contributed by atoms with Crippen molar-refractivity contribution in [1.29, 1.82) is 0 Å². The summed E-state index contributed by atoms with van der Waals surface area (Å²) in [6.45, 7) is 5.98. The van der Waals surface area contributed by atoms with E-state index in [1.165, 1.54) is 5.56 Å². The summed E-state index contributed by atoms with van der Waals surface area (Å²) in [5.74, 6) is 0.617. The molecule has 1 N–H and O–H groups in total. The number of piperazine rings is 1. The fourth-order valence-electron chi connectivity index (χ4n) is 3.52. The molecule has 0 amide bonds. The van der Waals surface area contributed by atoms with E-state index in [4.69, 9.17) is 27.9 Å². The predicted octanol–water partition coefficient (Wildman–Crippen LogP) is 4.21. The summed E-state index contributed by atoms with van der Waals surface area (Å²) >= 11 is 12.5. The first-order valence-electron chi connectivity index (χ1n) is 7.72. The van der Waals surface area contributed by atoms with E-state index in [1.807, 2.05) is 6.07 Å². The second kappa shape index (κ2) is 10.3. The van der Waals surface area contributed by atoms with Crippen molar-refractivity contribution in [1.82, 2.24) is 10.2 Å². The van der Waals surface area contributed by atoms with Crippen LogP contribution in [-0.2, 0) is 4.74 Å². The first kappa shape index (κ1) is 21.3. The summed E-state index contributed by atoms with van der Waals surface area (Å²) in [6.07, 6.45) is 2.22. The highest BCUT2D eigenvalue weighted by molar-refractivity contribution is 6.34. The third-order valence-corrected chi connectivity index (χ3v) is 4.92. The number of halogens is 4. The molecule has 1 aromatic carbocycles. The van der Waals surface area contributed by atoms with Crippen LogP contribution in [0.15, 0.2) is 18.2 Å². The summed E-state index contributed by atoms with van der Waals surface area (Å²) in [7, 11) is 0. The van der Waals surface area contributed by atoms with Gasteiger partial charge in [-0.15, -0.1) is 24.8 Å². The molecular formula is C16H24Cl4N2O. The largest absolute Gasteiger partial charge is 0.381 e. The van der Waals surface area contributed by atoms with Gasteiger partial charge in [0.25, 0.3) is 0 Å². The van der Waals surface area contributed by atoms with Gasteiger partial charge in [0.1, 0.15) is 0 Å². The molecular weight excluding hydrogens is 378 g/mol. The van der Waals surface area contributed by atoms with Crippen molar-refractivity contribution in [2.45, 2.75) is 18.9 Å². The fraction of sp³-hybridized carbons (Fsp3) is 0.625. The van der Waals surface area contributed by atoms with Gasteiger partial charge in [-0.3, -0.25) is 4.90 Å². The maximum Gasteiger partial charge on any atom is 0.0469 e. The number of rotatable bonds is 3. The lowest BCUT2D eigenvalue weighted by Gasteiger charge is -2.41. The molecule has 2 fully saturated rings. The van der Waals surface area contributed by atoms with Crippen LogP contribution in [0.25, 0.3) is 0 Å². The van der Waals surface area contributed by atoms with E-state index in [-0.39, 0.29) is 24.8 Å². The molecule has 1 atom stereocenters. The van der Waals surface area contributed by atoms with Gasteiger partial charge >= 0.3 is 0 Å². The Labute approximate surface area is 160 Å². The molecule has 3 nitrogen and oxygen atoms in total. The molecule has 0 radical (unpaired) electrons. The zero-order valence-corrected chi connectivity index (χ0v) is 16.1. The summed E-state index contributed by atoms with van der Waals surface area (Å²) in [6, 6.07) is 6.36. The standard InChI is InChI=1S/C16H22Cl2N2O.2ClH/c17-14-9-13(10-15(18)11-14)16(12-1-7-21-8-2-12)20-5-3-19-4-6-20;;/h9-12,16,19H,1-8H2;2*1H/t16-;;/m0../s1. The van der Waals surface area contributed by atoms with E-state index in [0.717, 1.165) is 62.3 Å². The van der Waals surface area contributed by atoms with Gasteiger partial charge in [0.15, 0.2) is 0 Å². The molecule has 2 saturated heterocycles. The van der Waals surface area contributed by atoms with Gasteiger partial charge in [0.2, 0.25) is 0 Å². The molecule has 0 spiro atoms. The molecule has 3 rings (SSSR count). The molecule has 0 saturated carbocycles. The van der Waals surface area contributed by atoms with E-state index in [9.17, 15) is 0 Å². The molecule has 0 unspecified atom stereocenters. The van der Waals surface area contributed by atoms with Gasteiger partial charge in [-0.25, -0.2) is 0 Å². The Balaban J connectivity index is 0.00000132. The highest BCUT2D eigenvalue weighted by Gasteiger charge is 2.31. The molecule has 2 aliphatic rings. The molecule has 0 aliphatic carbocycles. The molecule has 23 heavy (non-hydrogen) atoms. The van der Waals surface area contributed by atoms with Gasteiger partial charge in [-0.2, -0.15) is 0 Å². The lowest BCUT2D eigenvalue weighted by Crippen LogP contribution is -2.47. The van der Waals surface area contributed by atoms with Crippen molar-refractivity contribution in [3.63, 3.8) is 0 Å². The summed E-state index contributed by atoms with van der Waals surface area (Å²) in [4.78, 5) is 2.58. The first-order valence-corrected chi connectivity index (χ1v) is 8.48. The Kier molecular flexibility index (Phi) is 9.54. The van der Waals surface area contributed by atoms with Gasteiger partial charge in [-0.1, -0.05) is 23.2 Å². The lowest BCUT2D eigenvalue weighted by molar-refractivity contribution is 0.0213. The molecule has 2 aliphatic heterocycles. The Hall–Kier alpha value is 0.260. The van der Waals surface area contributed by atoms with Crippen molar-refractivity contribution in [2.75, 3.05) is 39.4 Å². The molecule has 0 bridgehead atoms. The summed E-state index contributed by atoms with van der Waals surface area (Å²) < 4.78 is 5.54. The van der Waals surface area contributed by atoms with Gasteiger partial charge in [-0.05, 0) is 42.5 Å². The molecule has 0 aromatic heterocycles. The Bertz CT molecular complexity index is 439. The van der Waals surface area contributed by atoms with E-state index >= 15 is 0 Å². The van der Waals surface area contributed by atoms with Crippen LogP contribution in [-0.4, -0.2) is 44.3 Å². The monoisotopic (exact) mass is 400 g/mol. The van der Waals surface area contributed by atoms with E-state index < -0.39 is 0 Å². The van der Waals surface area contributed by atoms with Crippen molar-refractivity contribution in [3.05, 3.63) is 33.8 Å². The van der Waals surface area contributed by atoms with Crippen LogP contribution in [0.5, 0.6) is 0 Å². The third-order valence-electron chi connectivity index (χ3n) is 4.48. The summed E-state index contributed by atoms with van der Waals surface area (Å²) in [5.41, 5.74) is 1.25. The third kappa shape index (κ3) is 5.64. The Morgan fingerprint density at radius 3 is 2.13 bits per heavy atom. The maximum atomic E-state index is 6.23. The van der Waals surface area contributed by atoms with Crippen molar-refractivity contribution < 1.29 is 4.74 Å². The predicted molar refractivity (Wildman–Crippen MR) is 102 cm³/mol. The van der Waals surface area contributed by atoms with Crippen molar-refractivity contribution in [3.8, 4) is 0 Å². The van der Waals surface area contributed by atoms with Crippen LogP contribution in [0.2, 0.25) is 10.0 Å². The fourth-order valence-corrected chi connectivity index (χ4v) is 4.06. The van der Waals surface area contributed by atoms with Crippen LogP contribution in [0.1, 0.15) is 24.4 Å². The van der Waals surface area contributed by atoms with Crippen molar-refractivity contribution >= 4 is 48.0 Å². The smallest absolute Gasteiger partial charge is 0.0469 e. The average molecular weight is 402 g/mol. The average Bonchev–Trinajstić information content (AvgIpc) is 2.49. The topological polar surface area (TPSA) is 24.5 Å². The second-order valence-corrected chi connectivity index (χ2v) is 6.76. The molecule has 132 valence electrons. The van der Waals surface area contributed by atoms with E-state index in [2.05, 4.69) is 22.3 Å². The zero-order valence-electron chi connectivity index (χ0n) is 13.0. The minimum Gasteiger partial charge on any atom is -0.381 e. The first-order chi connectivity index (χ1) is 10.2. The SMILES string of the molecule is Cl.Cl.Clc1cc(Cl)cc([C@H](C2CCOCC2)N2CCNCC2)c1. The van der Waals surface area contributed by atoms with Crippen LogP contribution in [0, 0.1) is 5.92 Å². The molecule has 7 heteroatoms. The van der Waals surface area contributed by atoms with Gasteiger partial charge in [0.05, 0.1) is 0 Å². The van der Waals surface area contributed by atoms with Crippen molar-refractivity contribution in [2.24, 2.45) is 5.92 Å². The van der Waals surface area contributed by atoms with Gasteiger partial charge < -0.3 is 10.1 Å². The highest BCUT2D eigenvalue weighted by Crippen LogP contribution is 2.37. The minimum atomic E-state index is 0. The van der Waals surface area contributed by atoms with Gasteiger partial charge in [0, 0.05) is 55.5 Å². The van der Waals surface area contributed by atoms with E-state index in [0.29, 0.717) is 12.0 Å². The van der Waals surface area contributed by atoms with Crippen LogP contribution in [0.3, 0.4) is 0 Å². The number of hydrogen-bond acceptors (Lipinski definition) is 3. The second-order valence-electron chi connectivity index (χ2n) is 5.88. The van der Waals surface area contributed by atoms with Crippen LogP contribution in [0.4, 0.5) is 0 Å². The Morgan fingerprint density at radius 2 is 1.57 bits per heavy atom. The number of nitrogens with one attached hydrogen (secondary N) is 1. The Morgan fingerprint density at radius 1 is 1.00 bits per heavy atom. The molecule has 1 aromatic rings. The van der Waals surface area contributed by atoms with Crippen LogP contribution < -0.4 is 5.32 Å². The number of nitrogens with zero attached hydrogens (tertiary/aromatic N) is 1. The number of hydrogen-bond donors (Lipinski definition) is 1. The minimum absolute atomic E-state index is 0. The number of benzene rings is 1. The quantitative estimate of drug-likeness (QED) is 0.820. The maximum absolute atomic E-state index is 6.23.